The zero-order valence-electron chi connectivity index (χ0n) is 78.6. The van der Waals surface area contributed by atoms with E-state index in [1.165, 1.54) is 65.2 Å². The lowest BCUT2D eigenvalue weighted by atomic mass is 9.83. The molecule has 2 bridgehead atoms. The van der Waals surface area contributed by atoms with Crippen LogP contribution < -0.4 is 18.9 Å². The first kappa shape index (κ1) is 98.0. The number of hydrogen-bond acceptors (Lipinski definition) is 15. The Morgan fingerprint density at radius 1 is 0.353 bits per heavy atom. The number of aryl methyl sites for hydroxylation is 8. The molecule has 1 heterocycles. The van der Waals surface area contributed by atoms with Gasteiger partial charge >= 0.3 is 23.9 Å². The van der Waals surface area contributed by atoms with Crippen LogP contribution in [0.25, 0.3) is 0 Å². The van der Waals surface area contributed by atoms with Crippen molar-refractivity contribution in [3.63, 3.8) is 0 Å². The quantitative estimate of drug-likeness (QED) is 0.0195. The molecular weight excluding hydrogens is 1760 g/mol. The third-order valence-corrected chi connectivity index (χ3v) is 35.3. The van der Waals surface area contributed by atoms with E-state index in [9.17, 15) is 27.6 Å². The zero-order valence-corrected chi connectivity index (χ0v) is 82.7. The Morgan fingerprint density at radius 3 is 0.895 bits per heavy atom. The summed E-state index contributed by atoms with van der Waals surface area (Å²) in [6.45, 7) is 25.5. The van der Waals surface area contributed by atoms with Gasteiger partial charge in [0.25, 0.3) is 10.1 Å². The summed E-state index contributed by atoms with van der Waals surface area (Å²) in [5.41, 5.74) is 6.91. The van der Waals surface area contributed by atoms with Gasteiger partial charge in [-0.15, -0.1) is 0 Å². The summed E-state index contributed by atoms with van der Waals surface area (Å²) in [7, 11) is -4.46. The maximum Gasteiger partial charge on any atom is 0.344 e. The molecule has 0 amide bonds. The lowest BCUT2D eigenvalue weighted by Crippen LogP contribution is -2.38. The Bertz CT molecular complexity index is 5780. The maximum atomic E-state index is 12.7. The van der Waals surface area contributed by atoms with Gasteiger partial charge in [0.15, 0.2) is 85.2 Å². The summed E-state index contributed by atoms with van der Waals surface area (Å²) in [5.74, 6) is 1.52. The fraction of sp³-hybridized carbons (Fsp3) is 0.327. The summed E-state index contributed by atoms with van der Waals surface area (Å²) in [5, 5.41) is -0.436. The summed E-state index contributed by atoms with van der Waals surface area (Å²) < 4.78 is 76.1. The number of fused-ring (bicyclic) bond motifs is 1. The lowest BCUT2D eigenvalue weighted by Gasteiger charge is -2.35. The molecule has 1 aliphatic heterocycles. The van der Waals surface area contributed by atoms with Gasteiger partial charge in [-0.2, -0.15) is 8.42 Å². The fourth-order valence-electron chi connectivity index (χ4n) is 18.8. The standard InChI is InChI=1S/C30H35O3S.C29H29O6S2.C28H31O3S.C26H29O3S/c1-4-30(18-12-7-13-19-30)33-28(31)22-32-29-23(2)20-27(21-24(29)3)34(25-14-8-5-9-15-25)26-16-10-6-11-17-26;1-18-13-23(36(21-9-5-3-6-10-21)22-11-7-4-8-12-22)14-19(2)27(18)33-17-26(30)34-28-20-15-24-25(16-20)37(31,32)35-29(24)28;1-21-18-25(32(23-12-6-4-7-13-23)24-14-8-5-9-15-24)19-22(2)27(21)30-20-26(29)31-28(3)16-10-11-17-28;1-19-16-23(17-20(2)25(19)28-18-24(27)29-26(3,4)5)30(21-12-8-6-9-13-21)22-14-10-7-11-15-22/h5-6,8-11,14-17,20-21H,4,7,12-13,18-19,22H2,1-3H3;3-14,20,24-25,28-29H,15-17H2,1-2H3;4-9,12-15,18-19H,10-11,16-17,20H2,1-3H3;6-17H,18H2,1-5H3/q4*+1. The van der Waals surface area contributed by atoms with E-state index in [0.717, 1.165) is 126 Å². The van der Waals surface area contributed by atoms with Gasteiger partial charge in [-0.25, -0.2) is 19.2 Å². The minimum atomic E-state index is -3.54. The smallest absolute Gasteiger partial charge is 0.344 e. The van der Waals surface area contributed by atoms with Crippen LogP contribution in [0.2, 0.25) is 0 Å². The number of carbonyl (C=O) groups is 4. The Hall–Kier alpha value is -11.0. The molecule has 12 aromatic rings. The molecule has 20 heteroatoms. The Kier molecular flexibility index (Phi) is 33.1. The molecule has 5 unspecified atom stereocenters. The second-order valence-corrected chi connectivity index (χ2v) is 46.0. The van der Waals surface area contributed by atoms with Gasteiger partial charge in [-0.05, 0) is 295 Å². The number of benzene rings is 12. The largest absolute Gasteiger partial charge is 0.481 e. The molecule has 17 rings (SSSR count). The van der Waals surface area contributed by atoms with Crippen molar-refractivity contribution in [2.75, 3.05) is 26.4 Å². The molecule has 4 saturated carbocycles. The lowest BCUT2D eigenvalue weighted by molar-refractivity contribution is -0.166. The van der Waals surface area contributed by atoms with E-state index in [1.54, 1.807) is 0 Å². The second kappa shape index (κ2) is 44.9. The van der Waals surface area contributed by atoms with Gasteiger partial charge < -0.3 is 37.9 Å². The van der Waals surface area contributed by atoms with Gasteiger partial charge in [0.1, 0.15) is 52.0 Å². The van der Waals surface area contributed by atoms with Crippen molar-refractivity contribution in [2.24, 2.45) is 11.8 Å². The first-order valence-corrected chi connectivity index (χ1v) is 52.5. The van der Waals surface area contributed by atoms with E-state index in [-0.39, 0.29) is 111 Å². The first-order chi connectivity index (χ1) is 64.0. The van der Waals surface area contributed by atoms with Crippen molar-refractivity contribution < 1.29 is 69.7 Å². The number of carbonyl (C=O) groups excluding carboxylic acids is 4. The van der Waals surface area contributed by atoms with Crippen LogP contribution in [0.3, 0.4) is 0 Å². The summed E-state index contributed by atoms with van der Waals surface area (Å²) in [6.07, 6.45) is 10.6. The molecule has 0 aromatic heterocycles. The summed E-state index contributed by atoms with van der Waals surface area (Å²) in [4.78, 5) is 64.8. The highest BCUT2D eigenvalue weighted by molar-refractivity contribution is 7.98. The molecule has 12 aromatic carbocycles. The number of ether oxygens (including phenoxy) is 8. The molecule has 5 aliphatic rings. The number of hydrogen-bond donors (Lipinski definition) is 0. The monoisotopic (exact) mass is 1880 g/mol. The highest BCUT2D eigenvalue weighted by Gasteiger charge is 2.65. The SMILES string of the molecule is CCC1(OC(=O)COc2c(C)cc([S+](c3ccccc3)c3ccccc3)cc2C)CCCCC1.Cc1cc([S+](c2ccccc2)c2ccccc2)cc(C)c1OCC(=O)OC(C)(C)C.Cc1cc([S+](c2ccccc2)c2ccccc2)cc(C)c1OCC(=O)OC1(C)CCCC1.Cc1cc([S+](c2ccccc2)c2ccccc2)cc(C)c1OCC(=O)OC1C2CC3C1OS(=O)(=O)C3C2. The van der Waals surface area contributed by atoms with Crippen molar-refractivity contribution in [2.45, 2.75) is 260 Å². The van der Waals surface area contributed by atoms with Crippen LogP contribution in [-0.2, 0) is 96.0 Å². The Labute approximate surface area is 798 Å². The highest BCUT2D eigenvalue weighted by atomic mass is 32.2. The molecule has 692 valence electrons. The van der Waals surface area contributed by atoms with Gasteiger partial charge in [-0.3, -0.25) is 4.18 Å². The molecule has 0 spiro atoms. The molecule has 133 heavy (non-hydrogen) atoms. The van der Waals surface area contributed by atoms with Crippen molar-refractivity contribution in [3.05, 3.63) is 336 Å². The van der Waals surface area contributed by atoms with Crippen LogP contribution in [0.4, 0.5) is 0 Å². The van der Waals surface area contributed by atoms with Gasteiger partial charge in [-0.1, -0.05) is 159 Å². The highest BCUT2D eigenvalue weighted by Crippen LogP contribution is 2.56. The van der Waals surface area contributed by atoms with Gasteiger partial charge in [0.2, 0.25) is 0 Å². The third kappa shape index (κ3) is 25.2. The number of rotatable bonds is 28. The Morgan fingerprint density at radius 2 is 0.617 bits per heavy atom. The predicted octanol–water partition coefficient (Wildman–Crippen LogP) is 25.0. The average Bonchev–Trinajstić information content (AvgIpc) is 1.55. The van der Waals surface area contributed by atoms with Crippen LogP contribution in [0.1, 0.15) is 156 Å². The minimum absolute atomic E-state index is 0.0397. The van der Waals surface area contributed by atoms with Crippen molar-refractivity contribution in [3.8, 4) is 23.0 Å². The van der Waals surface area contributed by atoms with Gasteiger partial charge in [0, 0.05) is 60.4 Å². The van der Waals surface area contributed by atoms with Crippen molar-refractivity contribution >= 4 is 77.6 Å². The van der Waals surface area contributed by atoms with Crippen LogP contribution in [-0.4, -0.2) is 93.0 Å². The minimum Gasteiger partial charge on any atom is -0.481 e. The second-order valence-electron chi connectivity index (χ2n) is 36.2. The zero-order chi connectivity index (χ0) is 94.0. The summed E-state index contributed by atoms with van der Waals surface area (Å²) >= 11 is 0. The molecule has 5 fully saturated rings. The van der Waals surface area contributed by atoms with E-state index in [4.69, 9.17) is 42.1 Å². The first-order valence-electron chi connectivity index (χ1n) is 46.1. The molecule has 15 nitrogen and oxygen atoms in total. The summed E-state index contributed by atoms with van der Waals surface area (Å²) in [6, 6.07) is 102. The van der Waals surface area contributed by atoms with Gasteiger partial charge in [0.05, 0.1) is 48.8 Å². The predicted molar refractivity (Wildman–Crippen MR) is 531 cm³/mol. The Balaban J connectivity index is 0.000000143. The van der Waals surface area contributed by atoms with E-state index in [0.29, 0.717) is 12.2 Å². The molecule has 1 saturated heterocycles. The van der Waals surface area contributed by atoms with Crippen molar-refractivity contribution in [1.82, 2.24) is 0 Å². The van der Waals surface area contributed by atoms with Crippen LogP contribution in [0.15, 0.2) is 350 Å². The molecule has 5 atom stereocenters. The van der Waals surface area contributed by atoms with E-state index >= 15 is 0 Å². The topological polar surface area (TPSA) is 185 Å². The van der Waals surface area contributed by atoms with Crippen LogP contribution in [0.5, 0.6) is 23.0 Å². The number of esters is 4. The molecule has 4 aliphatic carbocycles. The van der Waals surface area contributed by atoms with E-state index < -0.39 is 39.1 Å². The third-order valence-electron chi connectivity index (χ3n) is 24.7. The molecule has 0 radical (unpaired) electrons. The maximum absolute atomic E-state index is 12.7. The fourth-order valence-corrected chi connectivity index (χ4v) is 29.7. The van der Waals surface area contributed by atoms with E-state index in [1.807, 2.05) is 93.5 Å². The molecule has 0 N–H and O–H groups in total. The van der Waals surface area contributed by atoms with E-state index in [2.05, 4.69) is 288 Å². The van der Waals surface area contributed by atoms with Crippen LogP contribution in [0, 0.1) is 67.2 Å². The van der Waals surface area contributed by atoms with Crippen LogP contribution >= 0.6 is 0 Å². The molecular formula is C113H124O15S5+4. The normalized spacial score (nSPS) is 17.6. The van der Waals surface area contributed by atoms with Crippen molar-refractivity contribution in [1.29, 1.82) is 0 Å². The average molecular weight is 1880 g/mol.